The van der Waals surface area contributed by atoms with E-state index in [9.17, 15) is 9.90 Å². The van der Waals surface area contributed by atoms with Crippen LogP contribution in [0.25, 0.3) is 0 Å². The highest BCUT2D eigenvalue weighted by Gasteiger charge is 2.38. The summed E-state index contributed by atoms with van der Waals surface area (Å²) in [5, 5.41) is 12.4. The maximum atomic E-state index is 12.0. The third kappa shape index (κ3) is 2.00. The first kappa shape index (κ1) is 10.9. The molecule has 2 saturated heterocycles. The molecule has 2 aliphatic heterocycles. The standard InChI is InChI=1S/C10H18N2O3/c1-7-10(14)12-8(6-13)3-2-4-15-9(12)5-11-7/h7-9,11,13H,2-6H2,1H3/t7-,8-,9?/m0/s1. The number of aliphatic hydroxyl groups excluding tert-OH is 1. The summed E-state index contributed by atoms with van der Waals surface area (Å²) < 4.78 is 5.59. The molecule has 0 aromatic carbocycles. The van der Waals surface area contributed by atoms with Crippen LogP contribution < -0.4 is 5.32 Å². The first-order chi connectivity index (χ1) is 7.24. The Balaban J connectivity index is 2.18. The molecule has 2 N–H and O–H groups in total. The van der Waals surface area contributed by atoms with E-state index in [-0.39, 0.29) is 30.8 Å². The van der Waals surface area contributed by atoms with E-state index in [1.165, 1.54) is 0 Å². The van der Waals surface area contributed by atoms with E-state index in [1.807, 2.05) is 6.92 Å². The number of amides is 1. The summed E-state index contributed by atoms with van der Waals surface area (Å²) in [6.07, 6.45) is 1.53. The average Bonchev–Trinajstić information content (AvgIpc) is 2.45. The molecule has 0 radical (unpaired) electrons. The molecule has 3 atom stereocenters. The number of hydrogen-bond acceptors (Lipinski definition) is 4. The second-order valence-corrected chi connectivity index (χ2v) is 4.18. The number of carbonyl (C=O) groups excluding carboxylic acids is 1. The van der Waals surface area contributed by atoms with Gasteiger partial charge in [0.25, 0.3) is 0 Å². The molecule has 1 amide bonds. The van der Waals surface area contributed by atoms with Crippen LogP contribution >= 0.6 is 0 Å². The zero-order valence-electron chi connectivity index (χ0n) is 8.98. The number of piperazine rings is 1. The van der Waals surface area contributed by atoms with Crippen molar-refractivity contribution >= 4 is 5.91 Å². The smallest absolute Gasteiger partial charge is 0.241 e. The fourth-order valence-corrected chi connectivity index (χ4v) is 2.24. The Labute approximate surface area is 89.4 Å². The SMILES string of the molecule is C[C@@H]1NCC2OCCC[C@@H](CO)N2C1=O. The van der Waals surface area contributed by atoms with Gasteiger partial charge in [-0.05, 0) is 19.8 Å². The zero-order chi connectivity index (χ0) is 10.8. The minimum absolute atomic E-state index is 0.0261. The highest BCUT2D eigenvalue weighted by atomic mass is 16.5. The lowest BCUT2D eigenvalue weighted by molar-refractivity contribution is -0.158. The maximum absolute atomic E-state index is 12.0. The van der Waals surface area contributed by atoms with E-state index >= 15 is 0 Å². The molecule has 0 aromatic rings. The number of ether oxygens (including phenoxy) is 1. The topological polar surface area (TPSA) is 61.8 Å². The van der Waals surface area contributed by atoms with Gasteiger partial charge in [0.1, 0.15) is 6.23 Å². The van der Waals surface area contributed by atoms with Gasteiger partial charge in [0.2, 0.25) is 5.91 Å². The second-order valence-electron chi connectivity index (χ2n) is 4.18. The van der Waals surface area contributed by atoms with Crippen molar-refractivity contribution in [2.24, 2.45) is 0 Å². The molecule has 0 spiro atoms. The Kier molecular flexibility index (Phi) is 3.23. The third-order valence-corrected chi connectivity index (χ3v) is 3.13. The fraction of sp³-hybridized carbons (Fsp3) is 0.900. The van der Waals surface area contributed by atoms with Gasteiger partial charge in [0.15, 0.2) is 0 Å². The van der Waals surface area contributed by atoms with Crippen LogP contribution in [0.4, 0.5) is 0 Å². The average molecular weight is 214 g/mol. The fourth-order valence-electron chi connectivity index (χ4n) is 2.24. The molecule has 0 aromatic heterocycles. The first-order valence-electron chi connectivity index (χ1n) is 5.52. The normalized spacial score (nSPS) is 37.3. The molecular formula is C10H18N2O3. The Bertz CT molecular complexity index is 239. The van der Waals surface area contributed by atoms with Crippen LogP contribution in [0.2, 0.25) is 0 Å². The highest BCUT2D eigenvalue weighted by Crippen LogP contribution is 2.20. The van der Waals surface area contributed by atoms with E-state index in [1.54, 1.807) is 4.90 Å². The molecule has 2 fully saturated rings. The molecule has 1 unspecified atom stereocenters. The van der Waals surface area contributed by atoms with Crippen molar-refractivity contribution < 1.29 is 14.6 Å². The molecular weight excluding hydrogens is 196 g/mol. The molecule has 2 heterocycles. The second kappa shape index (κ2) is 4.47. The van der Waals surface area contributed by atoms with Crippen molar-refractivity contribution in [1.29, 1.82) is 0 Å². The molecule has 15 heavy (non-hydrogen) atoms. The number of fused-ring (bicyclic) bond motifs is 1. The summed E-state index contributed by atoms with van der Waals surface area (Å²) >= 11 is 0. The van der Waals surface area contributed by atoms with Crippen molar-refractivity contribution in [1.82, 2.24) is 10.2 Å². The summed E-state index contributed by atoms with van der Waals surface area (Å²) in [5.74, 6) is 0.0344. The van der Waals surface area contributed by atoms with E-state index in [4.69, 9.17) is 4.74 Å². The van der Waals surface area contributed by atoms with Crippen LogP contribution in [0.1, 0.15) is 19.8 Å². The number of rotatable bonds is 1. The van der Waals surface area contributed by atoms with Gasteiger partial charge in [-0.25, -0.2) is 0 Å². The number of nitrogens with one attached hydrogen (secondary N) is 1. The number of nitrogens with zero attached hydrogens (tertiary/aromatic N) is 1. The van der Waals surface area contributed by atoms with E-state index in [0.717, 1.165) is 12.8 Å². The first-order valence-corrected chi connectivity index (χ1v) is 5.52. The minimum atomic E-state index is -0.201. The molecule has 2 rings (SSSR count). The maximum Gasteiger partial charge on any atom is 0.241 e. The van der Waals surface area contributed by atoms with Crippen molar-refractivity contribution in [2.45, 2.75) is 38.1 Å². The predicted octanol–water partition coefficient (Wildman–Crippen LogP) is -0.696. The van der Waals surface area contributed by atoms with E-state index in [2.05, 4.69) is 5.32 Å². The number of hydrogen-bond donors (Lipinski definition) is 2. The van der Waals surface area contributed by atoms with Gasteiger partial charge in [-0.15, -0.1) is 0 Å². The molecule has 5 nitrogen and oxygen atoms in total. The van der Waals surface area contributed by atoms with Gasteiger partial charge in [0, 0.05) is 13.2 Å². The Morgan fingerprint density at radius 1 is 1.67 bits per heavy atom. The lowest BCUT2D eigenvalue weighted by atomic mass is 10.1. The Hall–Kier alpha value is -0.650. The van der Waals surface area contributed by atoms with E-state index < -0.39 is 0 Å². The van der Waals surface area contributed by atoms with Crippen LogP contribution in [-0.2, 0) is 9.53 Å². The van der Waals surface area contributed by atoms with E-state index in [0.29, 0.717) is 13.2 Å². The van der Waals surface area contributed by atoms with Crippen LogP contribution in [0.5, 0.6) is 0 Å². The third-order valence-electron chi connectivity index (χ3n) is 3.13. The largest absolute Gasteiger partial charge is 0.394 e. The lowest BCUT2D eigenvalue weighted by Crippen LogP contribution is -2.62. The van der Waals surface area contributed by atoms with Crippen LogP contribution in [0.3, 0.4) is 0 Å². The summed E-state index contributed by atoms with van der Waals surface area (Å²) in [6.45, 7) is 3.20. The van der Waals surface area contributed by atoms with Gasteiger partial charge in [-0.1, -0.05) is 0 Å². The lowest BCUT2D eigenvalue weighted by Gasteiger charge is -2.41. The molecule has 2 aliphatic rings. The summed E-state index contributed by atoms with van der Waals surface area (Å²) in [7, 11) is 0. The Morgan fingerprint density at radius 3 is 3.20 bits per heavy atom. The number of aliphatic hydroxyl groups is 1. The van der Waals surface area contributed by atoms with Gasteiger partial charge in [-0.3, -0.25) is 4.79 Å². The van der Waals surface area contributed by atoms with Gasteiger partial charge >= 0.3 is 0 Å². The van der Waals surface area contributed by atoms with Gasteiger partial charge < -0.3 is 20.1 Å². The van der Waals surface area contributed by atoms with Crippen LogP contribution in [0.15, 0.2) is 0 Å². The predicted molar refractivity (Wildman–Crippen MR) is 54.2 cm³/mol. The van der Waals surface area contributed by atoms with Crippen molar-refractivity contribution in [3.63, 3.8) is 0 Å². The van der Waals surface area contributed by atoms with Gasteiger partial charge in [-0.2, -0.15) is 0 Å². The molecule has 5 heteroatoms. The molecule has 0 aliphatic carbocycles. The number of carbonyl (C=O) groups is 1. The van der Waals surface area contributed by atoms with Crippen molar-refractivity contribution in [3.8, 4) is 0 Å². The van der Waals surface area contributed by atoms with Crippen LogP contribution in [-0.4, -0.2) is 54.0 Å². The summed E-state index contributed by atoms with van der Waals surface area (Å²) in [5.41, 5.74) is 0. The van der Waals surface area contributed by atoms with Gasteiger partial charge in [0.05, 0.1) is 18.7 Å². The van der Waals surface area contributed by atoms with Crippen LogP contribution in [0, 0.1) is 0 Å². The minimum Gasteiger partial charge on any atom is -0.394 e. The Morgan fingerprint density at radius 2 is 2.47 bits per heavy atom. The van der Waals surface area contributed by atoms with Crippen molar-refractivity contribution in [3.05, 3.63) is 0 Å². The quantitative estimate of drug-likeness (QED) is 0.606. The molecule has 0 bridgehead atoms. The highest BCUT2D eigenvalue weighted by molar-refractivity contribution is 5.82. The zero-order valence-corrected chi connectivity index (χ0v) is 8.98. The molecule has 0 saturated carbocycles. The molecule has 86 valence electrons. The monoisotopic (exact) mass is 214 g/mol. The summed E-state index contributed by atoms with van der Waals surface area (Å²) in [4.78, 5) is 13.7. The van der Waals surface area contributed by atoms with Crippen molar-refractivity contribution in [2.75, 3.05) is 19.8 Å². The summed E-state index contributed by atoms with van der Waals surface area (Å²) in [6, 6.07) is -0.244.